The number of fused-ring (bicyclic) bond motifs is 1. The van der Waals surface area contributed by atoms with E-state index in [4.69, 9.17) is 0 Å². The Morgan fingerprint density at radius 3 is 2.58 bits per heavy atom. The van der Waals surface area contributed by atoms with E-state index in [9.17, 15) is 14.4 Å². The van der Waals surface area contributed by atoms with Crippen molar-refractivity contribution in [1.82, 2.24) is 9.80 Å². The highest BCUT2D eigenvalue weighted by Gasteiger charge is 2.34. The lowest BCUT2D eigenvalue weighted by Gasteiger charge is -2.22. The van der Waals surface area contributed by atoms with Gasteiger partial charge in [0, 0.05) is 44.8 Å². The Kier molecular flexibility index (Phi) is 4.42. The maximum Gasteiger partial charge on any atom is 0.231 e. The zero-order valence-electron chi connectivity index (χ0n) is 15.2. The van der Waals surface area contributed by atoms with Crippen LogP contribution in [0.3, 0.4) is 0 Å². The van der Waals surface area contributed by atoms with Gasteiger partial charge in [-0.15, -0.1) is 0 Å². The fourth-order valence-electron chi connectivity index (χ4n) is 3.90. The van der Waals surface area contributed by atoms with Gasteiger partial charge >= 0.3 is 0 Å². The van der Waals surface area contributed by atoms with Crippen molar-refractivity contribution in [3.63, 3.8) is 0 Å². The van der Waals surface area contributed by atoms with Gasteiger partial charge in [0.2, 0.25) is 17.7 Å². The van der Waals surface area contributed by atoms with Crippen molar-refractivity contribution in [1.29, 1.82) is 0 Å². The topological polar surface area (TPSA) is 60.9 Å². The second-order valence-electron chi connectivity index (χ2n) is 7.60. The van der Waals surface area contributed by atoms with Gasteiger partial charge in [-0.2, -0.15) is 0 Å². The number of carbonyl (C=O) groups excluding carboxylic acids is 3. The molecule has 0 radical (unpaired) electrons. The van der Waals surface area contributed by atoms with Gasteiger partial charge in [-0.25, -0.2) is 0 Å². The molecule has 1 saturated heterocycles. The number of benzene rings is 1. The summed E-state index contributed by atoms with van der Waals surface area (Å²) in [5.41, 5.74) is 2.89. The highest BCUT2D eigenvalue weighted by molar-refractivity contribution is 6.01. The Morgan fingerprint density at radius 1 is 1.08 bits per heavy atom. The second-order valence-corrected chi connectivity index (χ2v) is 7.60. The molecule has 0 N–H and O–H groups in total. The first kappa shape index (κ1) is 17.1. The zero-order chi connectivity index (χ0) is 18.3. The van der Waals surface area contributed by atoms with E-state index in [0.29, 0.717) is 32.5 Å². The molecule has 0 bridgehead atoms. The summed E-state index contributed by atoms with van der Waals surface area (Å²) in [5.74, 6) is 0.705. The number of rotatable bonds is 3. The minimum atomic E-state index is 0.0939. The summed E-state index contributed by atoms with van der Waals surface area (Å²) in [5, 5.41) is 0. The summed E-state index contributed by atoms with van der Waals surface area (Å²) in [6, 6.07) is 5.85. The third kappa shape index (κ3) is 3.32. The monoisotopic (exact) mass is 355 g/mol. The molecule has 2 heterocycles. The maximum absolute atomic E-state index is 12.7. The van der Waals surface area contributed by atoms with E-state index >= 15 is 0 Å². The minimum Gasteiger partial charge on any atom is -0.341 e. The number of nitrogens with zero attached hydrogens (tertiary/aromatic N) is 3. The van der Waals surface area contributed by atoms with Crippen molar-refractivity contribution in [2.24, 2.45) is 5.92 Å². The van der Waals surface area contributed by atoms with Crippen LogP contribution in [0, 0.1) is 5.92 Å². The van der Waals surface area contributed by atoms with Crippen LogP contribution in [0.1, 0.15) is 30.4 Å². The molecule has 4 rings (SSSR count). The SMILES string of the molecule is CN1C(=O)Cc2cc(CC(=O)N3CCCN(C(=O)C4CC4)CC3)ccc21. The molecular formula is C20H25N3O3. The van der Waals surface area contributed by atoms with Gasteiger partial charge < -0.3 is 14.7 Å². The smallest absolute Gasteiger partial charge is 0.231 e. The van der Waals surface area contributed by atoms with Crippen molar-refractivity contribution in [2.45, 2.75) is 32.1 Å². The molecule has 1 aliphatic carbocycles. The molecule has 2 aliphatic heterocycles. The van der Waals surface area contributed by atoms with Crippen LogP contribution < -0.4 is 4.90 Å². The average Bonchev–Trinajstić information content (AvgIpc) is 3.44. The lowest BCUT2D eigenvalue weighted by molar-refractivity contribution is -0.134. The third-order valence-corrected chi connectivity index (χ3v) is 5.66. The van der Waals surface area contributed by atoms with Crippen molar-refractivity contribution in [3.05, 3.63) is 29.3 Å². The first-order chi connectivity index (χ1) is 12.5. The first-order valence-corrected chi connectivity index (χ1v) is 9.48. The Bertz CT molecular complexity index is 757. The Balaban J connectivity index is 1.37. The van der Waals surface area contributed by atoms with Crippen LogP contribution in [-0.4, -0.2) is 60.7 Å². The van der Waals surface area contributed by atoms with Crippen molar-refractivity contribution >= 4 is 23.4 Å². The molecule has 2 fully saturated rings. The normalized spacial score (nSPS) is 20.2. The highest BCUT2D eigenvalue weighted by atomic mass is 16.2. The van der Waals surface area contributed by atoms with Gasteiger partial charge in [0.05, 0.1) is 12.8 Å². The molecule has 0 spiro atoms. The molecular weight excluding hydrogens is 330 g/mol. The van der Waals surface area contributed by atoms with E-state index in [1.807, 2.05) is 28.0 Å². The van der Waals surface area contributed by atoms with Gasteiger partial charge in [-0.3, -0.25) is 14.4 Å². The summed E-state index contributed by atoms with van der Waals surface area (Å²) < 4.78 is 0. The van der Waals surface area contributed by atoms with E-state index < -0.39 is 0 Å². The minimum absolute atomic E-state index is 0.0939. The van der Waals surface area contributed by atoms with Gasteiger partial charge in [-0.1, -0.05) is 12.1 Å². The number of hydrogen-bond donors (Lipinski definition) is 0. The quantitative estimate of drug-likeness (QED) is 0.819. The standard InChI is InChI=1S/C20H25N3O3/c1-21-17-6-3-14(11-16(17)13-18(21)24)12-19(25)22-7-2-8-23(10-9-22)20(26)15-4-5-15/h3,6,11,15H,2,4-5,7-10,12-13H2,1H3. The van der Waals surface area contributed by atoms with Crippen LogP contribution in [0.5, 0.6) is 0 Å². The van der Waals surface area contributed by atoms with E-state index in [0.717, 1.165) is 42.6 Å². The van der Waals surface area contributed by atoms with Crippen LogP contribution in [0.4, 0.5) is 5.69 Å². The summed E-state index contributed by atoms with van der Waals surface area (Å²) in [4.78, 5) is 42.2. The zero-order valence-corrected chi connectivity index (χ0v) is 15.2. The summed E-state index contributed by atoms with van der Waals surface area (Å²) >= 11 is 0. The Morgan fingerprint density at radius 2 is 1.81 bits per heavy atom. The average molecular weight is 355 g/mol. The van der Waals surface area contributed by atoms with Crippen LogP contribution in [0.2, 0.25) is 0 Å². The Hall–Kier alpha value is -2.37. The van der Waals surface area contributed by atoms with E-state index in [2.05, 4.69) is 0 Å². The van der Waals surface area contributed by atoms with Crippen molar-refractivity contribution in [2.75, 3.05) is 38.1 Å². The molecule has 1 aromatic rings. The summed E-state index contributed by atoms with van der Waals surface area (Å²) in [6.45, 7) is 2.72. The predicted molar refractivity (Wildman–Crippen MR) is 97.8 cm³/mol. The maximum atomic E-state index is 12.7. The number of anilines is 1. The molecule has 6 nitrogen and oxygen atoms in total. The molecule has 0 unspecified atom stereocenters. The van der Waals surface area contributed by atoms with Crippen molar-refractivity contribution < 1.29 is 14.4 Å². The van der Waals surface area contributed by atoms with Gasteiger partial charge in [0.25, 0.3) is 0 Å². The Labute approximate surface area is 153 Å². The predicted octanol–water partition coefficient (Wildman–Crippen LogP) is 1.22. The number of amides is 3. The van der Waals surface area contributed by atoms with Gasteiger partial charge in [0.15, 0.2) is 0 Å². The molecule has 1 saturated carbocycles. The van der Waals surface area contributed by atoms with Crippen LogP contribution in [-0.2, 0) is 27.2 Å². The fourth-order valence-corrected chi connectivity index (χ4v) is 3.90. The van der Waals surface area contributed by atoms with E-state index in [1.54, 1.807) is 11.9 Å². The van der Waals surface area contributed by atoms with Crippen molar-refractivity contribution in [3.8, 4) is 0 Å². The van der Waals surface area contributed by atoms with E-state index in [-0.39, 0.29) is 23.6 Å². The van der Waals surface area contributed by atoms with Gasteiger partial charge in [-0.05, 0) is 36.5 Å². The molecule has 6 heteroatoms. The molecule has 0 atom stereocenters. The first-order valence-electron chi connectivity index (χ1n) is 9.48. The van der Waals surface area contributed by atoms with E-state index in [1.165, 1.54) is 0 Å². The number of likely N-dealkylation sites (N-methyl/N-ethyl adjacent to an activating group) is 1. The van der Waals surface area contributed by atoms with Gasteiger partial charge in [0.1, 0.15) is 0 Å². The molecule has 138 valence electrons. The molecule has 3 aliphatic rings. The lowest BCUT2D eigenvalue weighted by atomic mass is 10.1. The fraction of sp³-hybridized carbons (Fsp3) is 0.550. The molecule has 0 aromatic heterocycles. The largest absolute Gasteiger partial charge is 0.341 e. The summed E-state index contributed by atoms with van der Waals surface area (Å²) in [6.07, 6.45) is 3.65. The number of hydrogen-bond acceptors (Lipinski definition) is 3. The second kappa shape index (κ2) is 6.74. The van der Waals surface area contributed by atoms with Crippen LogP contribution in [0.15, 0.2) is 18.2 Å². The molecule has 3 amide bonds. The molecule has 1 aromatic carbocycles. The number of carbonyl (C=O) groups is 3. The highest BCUT2D eigenvalue weighted by Crippen LogP contribution is 2.31. The lowest BCUT2D eigenvalue weighted by Crippen LogP contribution is -2.38. The van der Waals surface area contributed by atoms with Crippen LogP contribution in [0.25, 0.3) is 0 Å². The third-order valence-electron chi connectivity index (χ3n) is 5.66. The van der Waals surface area contributed by atoms with Crippen LogP contribution >= 0.6 is 0 Å². The molecule has 26 heavy (non-hydrogen) atoms. The summed E-state index contributed by atoms with van der Waals surface area (Å²) in [7, 11) is 1.78.